The van der Waals surface area contributed by atoms with Gasteiger partial charge in [-0.1, -0.05) is 0 Å². The van der Waals surface area contributed by atoms with E-state index in [-0.39, 0.29) is 29.3 Å². The van der Waals surface area contributed by atoms with Gasteiger partial charge in [-0.2, -0.15) is 0 Å². The Morgan fingerprint density at radius 3 is 2.67 bits per heavy atom. The van der Waals surface area contributed by atoms with Crippen molar-refractivity contribution in [3.05, 3.63) is 18.2 Å². The van der Waals surface area contributed by atoms with Crippen molar-refractivity contribution in [2.45, 2.75) is 37.1 Å². The molecule has 0 radical (unpaired) electrons. The molecule has 0 spiro atoms. The number of fused-ring (bicyclic) bond motifs is 3. The van der Waals surface area contributed by atoms with Crippen molar-refractivity contribution in [2.24, 2.45) is 0 Å². The van der Waals surface area contributed by atoms with Crippen molar-refractivity contribution in [3.63, 3.8) is 0 Å². The molecule has 1 fully saturated rings. The molecular weight excluding hydrogens is 368 g/mol. The molecule has 1 aromatic carbocycles. The van der Waals surface area contributed by atoms with E-state index in [2.05, 4.69) is 5.32 Å². The van der Waals surface area contributed by atoms with E-state index in [1.54, 1.807) is 12.1 Å². The zero-order valence-corrected chi connectivity index (χ0v) is 16.8. The molecule has 1 aromatic rings. The van der Waals surface area contributed by atoms with Crippen molar-refractivity contribution in [1.29, 1.82) is 0 Å². The second-order valence-electron chi connectivity index (χ2n) is 7.02. The lowest BCUT2D eigenvalue weighted by atomic mass is 9.96. The Labute approximate surface area is 160 Å². The molecule has 27 heavy (non-hydrogen) atoms. The topological polar surface area (TPSA) is 90.0 Å². The standard InChI is InChI=1S/C18H26N4O4S/c1-4-19-17(23)12-22-16-11-13(27(25,26)20(2)3)8-9-14(16)21-10-6-5-7-15(21)18(22)24/h8-9,11,15H,4-7,10,12H2,1-3H3,(H,19,23)/t15-/m0/s1. The first-order valence-corrected chi connectivity index (χ1v) is 10.6. The van der Waals surface area contributed by atoms with Crippen molar-refractivity contribution in [3.8, 4) is 0 Å². The van der Waals surface area contributed by atoms with Crippen LogP contribution in [0.2, 0.25) is 0 Å². The first kappa shape index (κ1) is 19.6. The largest absolute Gasteiger partial charge is 0.358 e. The number of anilines is 2. The van der Waals surface area contributed by atoms with Crippen LogP contribution in [-0.2, 0) is 19.6 Å². The molecule has 1 atom stereocenters. The van der Waals surface area contributed by atoms with Gasteiger partial charge in [0.2, 0.25) is 21.8 Å². The number of hydrogen-bond donors (Lipinski definition) is 1. The Morgan fingerprint density at radius 1 is 1.26 bits per heavy atom. The van der Waals surface area contributed by atoms with Crippen LogP contribution in [0, 0.1) is 0 Å². The quantitative estimate of drug-likeness (QED) is 0.797. The molecule has 148 valence electrons. The average molecular weight is 394 g/mol. The van der Waals surface area contributed by atoms with Crippen molar-refractivity contribution in [1.82, 2.24) is 9.62 Å². The molecule has 1 saturated heterocycles. The molecule has 2 amide bonds. The summed E-state index contributed by atoms with van der Waals surface area (Å²) in [6.45, 7) is 2.92. The van der Waals surface area contributed by atoms with Crippen LogP contribution >= 0.6 is 0 Å². The maximum absolute atomic E-state index is 13.1. The molecule has 0 aliphatic carbocycles. The average Bonchev–Trinajstić information content (AvgIpc) is 2.64. The molecule has 3 rings (SSSR count). The Morgan fingerprint density at radius 2 is 2.00 bits per heavy atom. The number of likely N-dealkylation sites (N-methyl/N-ethyl adjacent to an activating group) is 1. The molecule has 1 N–H and O–H groups in total. The zero-order chi connectivity index (χ0) is 19.8. The summed E-state index contributed by atoms with van der Waals surface area (Å²) < 4.78 is 26.2. The Balaban J connectivity index is 2.09. The van der Waals surface area contributed by atoms with Crippen molar-refractivity contribution >= 4 is 33.2 Å². The van der Waals surface area contributed by atoms with Crippen LogP contribution in [0.4, 0.5) is 11.4 Å². The number of benzene rings is 1. The molecular formula is C18H26N4O4S. The van der Waals surface area contributed by atoms with E-state index in [0.29, 0.717) is 12.2 Å². The summed E-state index contributed by atoms with van der Waals surface area (Å²) in [5, 5.41) is 2.71. The lowest BCUT2D eigenvalue weighted by Gasteiger charge is -2.45. The third kappa shape index (κ3) is 3.53. The van der Waals surface area contributed by atoms with Gasteiger partial charge in [-0.25, -0.2) is 12.7 Å². The number of amides is 2. The van der Waals surface area contributed by atoms with Gasteiger partial charge in [0.15, 0.2) is 0 Å². The third-order valence-corrected chi connectivity index (χ3v) is 6.87. The van der Waals surface area contributed by atoms with Gasteiger partial charge in [0.25, 0.3) is 0 Å². The Hall–Kier alpha value is -2.13. The molecule has 0 unspecified atom stereocenters. The number of carbonyl (C=O) groups excluding carboxylic acids is 2. The second kappa shape index (κ2) is 7.47. The SMILES string of the molecule is CCNC(=O)CN1C(=O)[C@@H]2CCCCN2c2ccc(S(=O)(=O)N(C)C)cc21. The second-order valence-corrected chi connectivity index (χ2v) is 9.17. The highest BCUT2D eigenvalue weighted by molar-refractivity contribution is 7.89. The van der Waals surface area contributed by atoms with Crippen molar-refractivity contribution in [2.75, 3.05) is 43.5 Å². The van der Waals surface area contributed by atoms with Gasteiger partial charge in [0.05, 0.1) is 16.3 Å². The number of nitrogens with zero attached hydrogens (tertiary/aromatic N) is 3. The first-order chi connectivity index (χ1) is 12.8. The van der Waals surface area contributed by atoms with E-state index < -0.39 is 10.0 Å². The van der Waals surface area contributed by atoms with Crippen LogP contribution < -0.4 is 15.1 Å². The molecule has 0 bridgehead atoms. The first-order valence-electron chi connectivity index (χ1n) is 9.18. The Kier molecular flexibility index (Phi) is 5.43. The van der Waals surface area contributed by atoms with Gasteiger partial charge in [0.1, 0.15) is 12.6 Å². The van der Waals surface area contributed by atoms with E-state index in [9.17, 15) is 18.0 Å². The van der Waals surface area contributed by atoms with E-state index in [1.807, 2.05) is 11.8 Å². The highest BCUT2D eigenvalue weighted by Crippen LogP contribution is 2.40. The van der Waals surface area contributed by atoms with Gasteiger partial charge >= 0.3 is 0 Å². The molecule has 2 aliphatic heterocycles. The molecule has 9 heteroatoms. The summed E-state index contributed by atoms with van der Waals surface area (Å²) >= 11 is 0. The highest BCUT2D eigenvalue weighted by atomic mass is 32.2. The summed E-state index contributed by atoms with van der Waals surface area (Å²) in [5.41, 5.74) is 1.29. The summed E-state index contributed by atoms with van der Waals surface area (Å²) in [6.07, 6.45) is 2.68. The fourth-order valence-corrected chi connectivity index (χ4v) is 4.59. The number of piperidine rings is 1. The van der Waals surface area contributed by atoms with Crippen LogP contribution in [0.5, 0.6) is 0 Å². The van der Waals surface area contributed by atoms with Crippen LogP contribution in [0.15, 0.2) is 23.1 Å². The van der Waals surface area contributed by atoms with E-state index in [0.717, 1.165) is 35.8 Å². The van der Waals surface area contributed by atoms with E-state index >= 15 is 0 Å². The lowest BCUT2D eigenvalue weighted by Crippen LogP contribution is -2.57. The minimum absolute atomic E-state index is 0.107. The normalized spacial score (nSPS) is 19.7. The van der Waals surface area contributed by atoms with Gasteiger partial charge in [0, 0.05) is 27.2 Å². The van der Waals surface area contributed by atoms with Gasteiger partial charge in [-0.15, -0.1) is 0 Å². The fraction of sp³-hybridized carbons (Fsp3) is 0.556. The third-order valence-electron chi connectivity index (χ3n) is 5.06. The summed E-state index contributed by atoms with van der Waals surface area (Å²) in [7, 11) is -0.712. The fourth-order valence-electron chi connectivity index (χ4n) is 3.67. The molecule has 8 nitrogen and oxygen atoms in total. The highest BCUT2D eigenvalue weighted by Gasteiger charge is 2.40. The van der Waals surface area contributed by atoms with E-state index in [4.69, 9.17) is 0 Å². The predicted molar refractivity (Wildman–Crippen MR) is 103 cm³/mol. The van der Waals surface area contributed by atoms with Crippen LogP contribution in [0.1, 0.15) is 26.2 Å². The van der Waals surface area contributed by atoms with Crippen LogP contribution in [0.3, 0.4) is 0 Å². The lowest BCUT2D eigenvalue weighted by molar-refractivity contribution is -0.124. The number of sulfonamides is 1. The summed E-state index contributed by atoms with van der Waals surface area (Å²) in [5.74, 6) is -0.408. The number of hydrogen-bond acceptors (Lipinski definition) is 5. The smallest absolute Gasteiger partial charge is 0.250 e. The summed E-state index contributed by atoms with van der Waals surface area (Å²) in [6, 6.07) is 4.53. The summed E-state index contributed by atoms with van der Waals surface area (Å²) in [4.78, 5) is 28.9. The van der Waals surface area contributed by atoms with Crippen molar-refractivity contribution < 1.29 is 18.0 Å². The molecule has 0 aromatic heterocycles. The predicted octanol–water partition coefficient (Wildman–Crippen LogP) is 0.779. The monoisotopic (exact) mass is 394 g/mol. The number of carbonyl (C=O) groups is 2. The van der Waals surface area contributed by atoms with Gasteiger partial charge < -0.3 is 10.2 Å². The van der Waals surface area contributed by atoms with Crippen LogP contribution in [-0.4, -0.2) is 64.3 Å². The number of nitrogens with one attached hydrogen (secondary N) is 1. The minimum atomic E-state index is -3.64. The molecule has 0 saturated carbocycles. The molecule has 2 aliphatic rings. The van der Waals surface area contributed by atoms with Gasteiger partial charge in [-0.3, -0.25) is 14.5 Å². The molecule has 2 heterocycles. The Bertz CT molecular complexity index is 853. The number of rotatable bonds is 5. The maximum Gasteiger partial charge on any atom is 0.250 e. The maximum atomic E-state index is 13.1. The zero-order valence-electron chi connectivity index (χ0n) is 15.9. The van der Waals surface area contributed by atoms with Crippen LogP contribution in [0.25, 0.3) is 0 Å². The minimum Gasteiger partial charge on any atom is -0.358 e. The van der Waals surface area contributed by atoms with Gasteiger partial charge in [-0.05, 0) is 44.4 Å². The van der Waals surface area contributed by atoms with E-state index in [1.165, 1.54) is 25.1 Å².